The molecule has 2 unspecified atom stereocenters. The maximum atomic E-state index is 11.5. The lowest BCUT2D eigenvalue weighted by atomic mass is 9.90. The molecule has 27 heavy (non-hydrogen) atoms. The van der Waals surface area contributed by atoms with Crippen LogP contribution in [0.4, 0.5) is 11.4 Å². The van der Waals surface area contributed by atoms with Gasteiger partial charge in [-0.05, 0) is 40.8 Å². The molecule has 134 valence electrons. The van der Waals surface area contributed by atoms with E-state index in [4.69, 9.17) is 0 Å². The number of hydrogen-bond acceptors (Lipinski definition) is 4. The summed E-state index contributed by atoms with van der Waals surface area (Å²) >= 11 is 1.84. The van der Waals surface area contributed by atoms with Crippen LogP contribution >= 0.6 is 11.8 Å². The quantitative estimate of drug-likeness (QED) is 0.526. The average Bonchev–Trinajstić information content (AvgIpc) is 3.29. The van der Waals surface area contributed by atoms with Gasteiger partial charge in [0.2, 0.25) is 6.04 Å². The van der Waals surface area contributed by atoms with Crippen molar-refractivity contribution < 1.29 is 4.92 Å². The first-order valence-corrected chi connectivity index (χ1v) is 10.1. The molecular weight excluding hydrogens is 356 g/mol. The molecule has 5 heteroatoms. The van der Waals surface area contributed by atoms with Crippen LogP contribution in [0.25, 0.3) is 5.57 Å². The minimum atomic E-state index is -0.660. The molecule has 2 atom stereocenters. The third kappa shape index (κ3) is 2.61. The Morgan fingerprint density at radius 1 is 1.15 bits per heavy atom. The topological polar surface area (TPSA) is 46.4 Å². The summed E-state index contributed by atoms with van der Waals surface area (Å²) in [6.07, 6.45) is 6.14. The smallest absolute Gasteiger partial charge is 0.242 e. The van der Waals surface area contributed by atoms with Crippen molar-refractivity contribution in [1.29, 1.82) is 0 Å². The second-order valence-corrected chi connectivity index (χ2v) is 7.86. The predicted molar refractivity (Wildman–Crippen MR) is 111 cm³/mol. The molecular formula is C22H18N2O2S. The van der Waals surface area contributed by atoms with Gasteiger partial charge < -0.3 is 4.90 Å². The Bertz CT molecular complexity index is 1010. The summed E-state index contributed by atoms with van der Waals surface area (Å²) < 4.78 is 0. The Morgan fingerprint density at radius 2 is 2.00 bits per heavy atom. The summed E-state index contributed by atoms with van der Waals surface area (Å²) in [4.78, 5) is 13.7. The van der Waals surface area contributed by atoms with Gasteiger partial charge in [0.05, 0.1) is 0 Å². The van der Waals surface area contributed by atoms with E-state index in [0.29, 0.717) is 12.3 Å². The third-order valence-corrected chi connectivity index (χ3v) is 6.39. The molecule has 0 spiro atoms. The number of rotatable bonds is 3. The molecule has 2 aromatic carbocycles. The molecule has 0 fully saturated rings. The first kappa shape index (κ1) is 16.4. The number of anilines is 2. The summed E-state index contributed by atoms with van der Waals surface area (Å²) in [6, 6.07) is 16.1. The van der Waals surface area contributed by atoms with Crippen molar-refractivity contribution in [3.8, 4) is 0 Å². The highest BCUT2D eigenvalue weighted by atomic mass is 32.2. The van der Waals surface area contributed by atoms with Gasteiger partial charge in [-0.1, -0.05) is 42.5 Å². The summed E-state index contributed by atoms with van der Waals surface area (Å²) in [5.74, 6) is 1.37. The number of nitro groups is 1. The van der Waals surface area contributed by atoms with E-state index >= 15 is 0 Å². The van der Waals surface area contributed by atoms with Crippen molar-refractivity contribution in [2.24, 2.45) is 0 Å². The number of fused-ring (bicyclic) bond motifs is 3. The highest BCUT2D eigenvalue weighted by Gasteiger charge is 2.38. The molecule has 0 bridgehead atoms. The van der Waals surface area contributed by atoms with Gasteiger partial charge in [-0.15, -0.1) is 11.8 Å². The number of hydrogen-bond donors (Lipinski definition) is 0. The van der Waals surface area contributed by atoms with Gasteiger partial charge in [0.1, 0.15) is 0 Å². The largest absolute Gasteiger partial charge is 0.313 e. The van der Waals surface area contributed by atoms with Crippen LogP contribution in [-0.4, -0.2) is 16.7 Å². The molecule has 0 aromatic heterocycles. The number of nitrogens with zero attached hydrogens (tertiary/aromatic N) is 2. The standard InChI is InChI=1S/C22H18N2O2S/c25-24(26)21-9-5-4-8-17(21)15-10-11-20-18(12-15)19-13-27-14-22(19)23(20)16-6-2-1-3-7-16/h1-8,10-12,14,19,21H,9,13H2. The molecule has 0 amide bonds. The van der Waals surface area contributed by atoms with Crippen LogP contribution in [-0.2, 0) is 0 Å². The van der Waals surface area contributed by atoms with Crippen molar-refractivity contribution in [2.45, 2.75) is 18.4 Å². The van der Waals surface area contributed by atoms with Crippen LogP contribution in [0.15, 0.2) is 77.9 Å². The maximum absolute atomic E-state index is 11.5. The van der Waals surface area contributed by atoms with Gasteiger partial charge in [-0.2, -0.15) is 0 Å². The van der Waals surface area contributed by atoms with E-state index < -0.39 is 6.04 Å². The summed E-state index contributed by atoms with van der Waals surface area (Å²) in [7, 11) is 0. The monoisotopic (exact) mass is 374 g/mol. The molecule has 2 aliphatic heterocycles. The van der Waals surface area contributed by atoms with E-state index in [1.807, 2.05) is 42.1 Å². The fraction of sp³-hybridized carbons (Fsp3) is 0.182. The highest BCUT2D eigenvalue weighted by Crippen LogP contribution is 2.53. The summed E-state index contributed by atoms with van der Waals surface area (Å²) in [6.45, 7) is 0. The average molecular weight is 374 g/mol. The van der Waals surface area contributed by atoms with Crippen LogP contribution in [0.1, 0.15) is 23.5 Å². The normalized spacial score (nSPS) is 22.9. The molecule has 0 radical (unpaired) electrons. The second-order valence-electron chi connectivity index (χ2n) is 6.96. The Labute approximate surface area is 162 Å². The molecule has 5 rings (SSSR count). The van der Waals surface area contributed by atoms with Crippen LogP contribution in [0, 0.1) is 10.1 Å². The van der Waals surface area contributed by atoms with Crippen molar-refractivity contribution in [3.05, 3.63) is 99.1 Å². The van der Waals surface area contributed by atoms with Gasteiger partial charge in [0.25, 0.3) is 0 Å². The molecule has 3 aliphatic rings. The molecule has 0 saturated carbocycles. The molecule has 2 heterocycles. The summed E-state index contributed by atoms with van der Waals surface area (Å²) in [5, 5.41) is 13.8. The van der Waals surface area contributed by atoms with E-state index in [9.17, 15) is 10.1 Å². The number of thioether (sulfide) groups is 1. The lowest BCUT2D eigenvalue weighted by Gasteiger charge is -2.22. The van der Waals surface area contributed by atoms with E-state index in [2.05, 4.69) is 46.7 Å². The van der Waals surface area contributed by atoms with E-state index in [0.717, 1.165) is 22.6 Å². The Balaban J connectivity index is 1.61. The van der Waals surface area contributed by atoms with Crippen LogP contribution in [0.5, 0.6) is 0 Å². The number of benzene rings is 2. The second kappa shape index (κ2) is 6.43. The Hall–Kier alpha value is -2.79. The third-order valence-electron chi connectivity index (χ3n) is 5.46. The zero-order chi connectivity index (χ0) is 18.4. The van der Waals surface area contributed by atoms with Crippen molar-refractivity contribution in [1.82, 2.24) is 0 Å². The minimum Gasteiger partial charge on any atom is -0.313 e. The zero-order valence-corrected chi connectivity index (χ0v) is 15.4. The van der Waals surface area contributed by atoms with Gasteiger partial charge >= 0.3 is 0 Å². The summed E-state index contributed by atoms with van der Waals surface area (Å²) in [5.41, 5.74) is 6.69. The maximum Gasteiger partial charge on any atom is 0.242 e. The predicted octanol–water partition coefficient (Wildman–Crippen LogP) is 5.50. The molecule has 0 N–H and O–H groups in total. The van der Waals surface area contributed by atoms with Crippen molar-refractivity contribution in [3.63, 3.8) is 0 Å². The lowest BCUT2D eigenvalue weighted by Crippen LogP contribution is -2.22. The SMILES string of the molecule is O=[N+]([O-])C1CC=CC=C1c1ccc2c(c1)C1CSC=C1N2c1ccccc1. The molecule has 2 aromatic rings. The highest BCUT2D eigenvalue weighted by molar-refractivity contribution is 8.02. The van der Waals surface area contributed by atoms with Crippen LogP contribution in [0.2, 0.25) is 0 Å². The van der Waals surface area contributed by atoms with E-state index in [-0.39, 0.29) is 4.92 Å². The van der Waals surface area contributed by atoms with E-state index in [1.165, 1.54) is 16.9 Å². The fourth-order valence-corrected chi connectivity index (χ4v) is 5.26. The van der Waals surface area contributed by atoms with Gasteiger partial charge in [-0.25, -0.2) is 0 Å². The van der Waals surface area contributed by atoms with E-state index in [1.54, 1.807) is 0 Å². The Morgan fingerprint density at radius 3 is 2.81 bits per heavy atom. The van der Waals surface area contributed by atoms with Gasteiger partial charge in [0, 0.05) is 45.7 Å². The number of para-hydroxylation sites is 1. The molecule has 0 saturated heterocycles. The Kier molecular flexibility index (Phi) is 3.90. The first-order chi connectivity index (χ1) is 13.2. The lowest BCUT2D eigenvalue weighted by molar-refractivity contribution is -0.505. The van der Waals surface area contributed by atoms with Crippen molar-refractivity contribution in [2.75, 3.05) is 10.7 Å². The van der Waals surface area contributed by atoms with Gasteiger partial charge in [-0.3, -0.25) is 10.1 Å². The van der Waals surface area contributed by atoms with Crippen LogP contribution in [0.3, 0.4) is 0 Å². The van der Waals surface area contributed by atoms with Gasteiger partial charge in [0.15, 0.2) is 0 Å². The van der Waals surface area contributed by atoms with Crippen molar-refractivity contribution >= 4 is 28.7 Å². The molecule has 4 nitrogen and oxygen atoms in total. The molecule has 1 aliphatic carbocycles. The zero-order valence-electron chi connectivity index (χ0n) is 14.6. The number of allylic oxidation sites excluding steroid dienone is 3. The minimum absolute atomic E-state index is 0.171. The van der Waals surface area contributed by atoms with Crippen LogP contribution < -0.4 is 4.90 Å². The fourth-order valence-electron chi connectivity index (χ4n) is 4.18. The first-order valence-electron chi connectivity index (χ1n) is 9.05.